The van der Waals surface area contributed by atoms with E-state index in [-0.39, 0.29) is 11.7 Å². The molecule has 0 aliphatic heterocycles. The number of carbonyl (C=O) groups excluding carboxylic acids is 1. The molecule has 1 aromatic heterocycles. The monoisotopic (exact) mass is 228 g/mol. The summed E-state index contributed by atoms with van der Waals surface area (Å²) >= 11 is 0. The molecule has 2 aromatic rings. The zero-order chi connectivity index (χ0) is 12.4. The average Bonchev–Trinajstić information content (AvgIpc) is 2.36. The number of Topliss-reactive ketones (excluding diaryl/α,β-unsaturated/α-hetero) is 1. The second kappa shape index (κ2) is 4.62. The minimum absolute atomic E-state index is 0.169. The van der Waals surface area contributed by atoms with E-state index in [0.717, 1.165) is 22.4 Å². The lowest BCUT2D eigenvalue weighted by atomic mass is 9.98. The predicted molar refractivity (Wildman–Crippen MR) is 68.0 cm³/mol. The van der Waals surface area contributed by atoms with Gasteiger partial charge in [-0.15, -0.1) is 0 Å². The highest BCUT2D eigenvalue weighted by molar-refractivity contribution is 5.85. The van der Waals surface area contributed by atoms with Gasteiger partial charge < -0.3 is 0 Å². The number of ketones is 1. The molecule has 0 aliphatic carbocycles. The number of hydrogen-bond acceptors (Lipinski definition) is 3. The molecule has 0 spiro atoms. The van der Waals surface area contributed by atoms with E-state index in [1.165, 1.54) is 0 Å². The summed E-state index contributed by atoms with van der Waals surface area (Å²) in [5.41, 5.74) is 3.38. The normalized spacial score (nSPS) is 12.6. The molecule has 1 aromatic carbocycles. The predicted octanol–water partition coefficient (Wildman–Crippen LogP) is 3.02. The Balaban J connectivity index is 2.54. The van der Waals surface area contributed by atoms with Gasteiger partial charge in [-0.1, -0.05) is 19.1 Å². The van der Waals surface area contributed by atoms with Gasteiger partial charge in [-0.3, -0.25) is 4.79 Å². The van der Waals surface area contributed by atoms with Crippen LogP contribution in [-0.4, -0.2) is 15.8 Å². The first-order valence-corrected chi connectivity index (χ1v) is 5.89. The Morgan fingerprint density at radius 3 is 2.41 bits per heavy atom. The van der Waals surface area contributed by atoms with Crippen LogP contribution in [0, 0.1) is 6.92 Å². The van der Waals surface area contributed by atoms with Gasteiger partial charge in [0.05, 0.1) is 28.3 Å². The van der Waals surface area contributed by atoms with Crippen LogP contribution in [0.2, 0.25) is 0 Å². The van der Waals surface area contributed by atoms with E-state index >= 15 is 0 Å². The molecule has 2 rings (SSSR count). The molecule has 1 atom stereocenters. The average molecular weight is 228 g/mol. The SMILES string of the molecule is CCC(=O)C(C)c1nc2ccccc2nc1C. The Bertz CT molecular complexity index is 563. The van der Waals surface area contributed by atoms with E-state index in [1.807, 2.05) is 45.0 Å². The highest BCUT2D eigenvalue weighted by Crippen LogP contribution is 2.21. The van der Waals surface area contributed by atoms with Crippen LogP contribution < -0.4 is 0 Å². The number of aryl methyl sites for hydroxylation is 1. The zero-order valence-corrected chi connectivity index (χ0v) is 10.4. The third kappa shape index (κ3) is 2.18. The molecule has 1 unspecified atom stereocenters. The molecule has 0 fully saturated rings. The first kappa shape index (κ1) is 11.7. The van der Waals surface area contributed by atoms with E-state index in [2.05, 4.69) is 9.97 Å². The molecule has 0 radical (unpaired) electrons. The van der Waals surface area contributed by atoms with Gasteiger partial charge in [0.2, 0.25) is 0 Å². The van der Waals surface area contributed by atoms with Crippen LogP contribution in [0.3, 0.4) is 0 Å². The molecule has 88 valence electrons. The minimum atomic E-state index is -0.169. The summed E-state index contributed by atoms with van der Waals surface area (Å²) < 4.78 is 0. The van der Waals surface area contributed by atoms with E-state index in [1.54, 1.807) is 0 Å². The number of hydrogen-bond donors (Lipinski definition) is 0. The lowest BCUT2D eigenvalue weighted by Crippen LogP contribution is -2.12. The van der Waals surface area contributed by atoms with Gasteiger partial charge in [0, 0.05) is 6.42 Å². The van der Waals surface area contributed by atoms with E-state index in [9.17, 15) is 4.79 Å². The number of aromatic nitrogens is 2. The smallest absolute Gasteiger partial charge is 0.141 e. The van der Waals surface area contributed by atoms with E-state index in [0.29, 0.717) is 6.42 Å². The second-order valence-corrected chi connectivity index (χ2v) is 4.22. The van der Waals surface area contributed by atoms with Crippen molar-refractivity contribution in [1.29, 1.82) is 0 Å². The van der Waals surface area contributed by atoms with Crippen LogP contribution in [0.1, 0.15) is 37.6 Å². The summed E-state index contributed by atoms with van der Waals surface area (Å²) in [6, 6.07) is 7.74. The van der Waals surface area contributed by atoms with Crippen molar-refractivity contribution in [3.05, 3.63) is 35.7 Å². The molecule has 0 saturated carbocycles. The van der Waals surface area contributed by atoms with Crippen LogP contribution in [0.5, 0.6) is 0 Å². The summed E-state index contributed by atoms with van der Waals surface area (Å²) in [4.78, 5) is 20.8. The Labute approximate surface area is 101 Å². The molecule has 0 saturated heterocycles. The Morgan fingerprint density at radius 1 is 1.24 bits per heavy atom. The van der Waals surface area contributed by atoms with Gasteiger partial charge in [-0.2, -0.15) is 0 Å². The maximum atomic E-state index is 11.7. The summed E-state index contributed by atoms with van der Waals surface area (Å²) in [6.07, 6.45) is 0.537. The Kier molecular flexibility index (Phi) is 3.18. The number of nitrogens with zero attached hydrogens (tertiary/aromatic N) is 2. The van der Waals surface area contributed by atoms with Crippen molar-refractivity contribution in [3.63, 3.8) is 0 Å². The van der Waals surface area contributed by atoms with E-state index in [4.69, 9.17) is 0 Å². The van der Waals surface area contributed by atoms with Crippen molar-refractivity contribution < 1.29 is 4.79 Å². The fourth-order valence-corrected chi connectivity index (χ4v) is 1.97. The Morgan fingerprint density at radius 2 is 1.82 bits per heavy atom. The standard InChI is InChI=1S/C14H16N2O/c1-4-13(17)9(2)14-10(3)15-11-7-5-6-8-12(11)16-14/h5-9H,4H2,1-3H3. The molecule has 0 aliphatic rings. The third-order valence-corrected chi connectivity index (χ3v) is 3.02. The molecule has 0 amide bonds. The number of para-hydroxylation sites is 2. The lowest BCUT2D eigenvalue weighted by molar-refractivity contribution is -0.119. The number of rotatable bonds is 3. The summed E-state index contributed by atoms with van der Waals surface area (Å²) in [5.74, 6) is 0.0368. The fraction of sp³-hybridized carbons (Fsp3) is 0.357. The zero-order valence-electron chi connectivity index (χ0n) is 10.4. The second-order valence-electron chi connectivity index (χ2n) is 4.22. The van der Waals surface area contributed by atoms with Gasteiger partial charge in [0.25, 0.3) is 0 Å². The van der Waals surface area contributed by atoms with Crippen molar-refractivity contribution in [3.8, 4) is 0 Å². The summed E-state index contributed by atoms with van der Waals surface area (Å²) in [6.45, 7) is 5.69. The lowest BCUT2D eigenvalue weighted by Gasteiger charge is -2.12. The topological polar surface area (TPSA) is 42.9 Å². The number of fused-ring (bicyclic) bond motifs is 1. The number of carbonyl (C=O) groups is 1. The highest BCUT2D eigenvalue weighted by Gasteiger charge is 2.18. The van der Waals surface area contributed by atoms with Gasteiger partial charge in [-0.25, -0.2) is 9.97 Å². The molecule has 3 heteroatoms. The number of benzene rings is 1. The van der Waals surface area contributed by atoms with Crippen molar-refractivity contribution in [2.75, 3.05) is 0 Å². The van der Waals surface area contributed by atoms with Crippen molar-refractivity contribution >= 4 is 16.8 Å². The molecular formula is C14H16N2O. The van der Waals surface area contributed by atoms with Crippen LogP contribution in [0.15, 0.2) is 24.3 Å². The highest BCUT2D eigenvalue weighted by atomic mass is 16.1. The summed E-state index contributed by atoms with van der Waals surface area (Å²) in [7, 11) is 0. The maximum Gasteiger partial charge on any atom is 0.141 e. The third-order valence-electron chi connectivity index (χ3n) is 3.02. The molecule has 3 nitrogen and oxygen atoms in total. The fourth-order valence-electron chi connectivity index (χ4n) is 1.97. The van der Waals surface area contributed by atoms with Gasteiger partial charge in [-0.05, 0) is 26.0 Å². The quantitative estimate of drug-likeness (QED) is 0.811. The maximum absolute atomic E-state index is 11.7. The van der Waals surface area contributed by atoms with Gasteiger partial charge in [0.1, 0.15) is 5.78 Å². The van der Waals surface area contributed by atoms with Gasteiger partial charge in [0.15, 0.2) is 0 Å². The van der Waals surface area contributed by atoms with Crippen molar-refractivity contribution in [2.24, 2.45) is 0 Å². The van der Waals surface area contributed by atoms with Crippen LogP contribution in [0.25, 0.3) is 11.0 Å². The van der Waals surface area contributed by atoms with Crippen molar-refractivity contribution in [1.82, 2.24) is 9.97 Å². The first-order valence-electron chi connectivity index (χ1n) is 5.89. The minimum Gasteiger partial charge on any atom is -0.299 e. The molecule has 0 N–H and O–H groups in total. The van der Waals surface area contributed by atoms with Crippen LogP contribution in [-0.2, 0) is 4.79 Å². The molecular weight excluding hydrogens is 212 g/mol. The van der Waals surface area contributed by atoms with Gasteiger partial charge >= 0.3 is 0 Å². The van der Waals surface area contributed by atoms with E-state index < -0.39 is 0 Å². The Hall–Kier alpha value is -1.77. The molecule has 0 bridgehead atoms. The van der Waals surface area contributed by atoms with Crippen LogP contribution >= 0.6 is 0 Å². The van der Waals surface area contributed by atoms with Crippen molar-refractivity contribution in [2.45, 2.75) is 33.1 Å². The molecule has 1 heterocycles. The summed E-state index contributed by atoms with van der Waals surface area (Å²) in [5, 5.41) is 0. The first-order chi connectivity index (χ1) is 8.13. The van der Waals surface area contributed by atoms with Crippen LogP contribution in [0.4, 0.5) is 0 Å². The largest absolute Gasteiger partial charge is 0.299 e. The molecule has 17 heavy (non-hydrogen) atoms.